The topological polar surface area (TPSA) is 43.8 Å². The van der Waals surface area contributed by atoms with Crippen molar-refractivity contribution < 1.29 is 9.90 Å². The van der Waals surface area contributed by atoms with E-state index in [9.17, 15) is 9.90 Å². The summed E-state index contributed by atoms with van der Waals surface area (Å²) in [6, 6.07) is 0.329. The van der Waals surface area contributed by atoms with Gasteiger partial charge in [0, 0.05) is 39.1 Å². The minimum Gasteiger partial charge on any atom is -0.391 e. The van der Waals surface area contributed by atoms with E-state index in [1.165, 1.54) is 6.42 Å². The molecule has 0 radical (unpaired) electrons. The van der Waals surface area contributed by atoms with E-state index in [1.54, 1.807) is 6.92 Å². The first-order valence-corrected chi connectivity index (χ1v) is 6.86. The van der Waals surface area contributed by atoms with Crippen LogP contribution in [0, 0.1) is 0 Å². The Morgan fingerprint density at radius 2 is 1.82 bits per heavy atom. The van der Waals surface area contributed by atoms with E-state index in [-0.39, 0.29) is 12.0 Å². The molecule has 0 bridgehead atoms. The van der Waals surface area contributed by atoms with Crippen LogP contribution in [0.3, 0.4) is 0 Å². The maximum absolute atomic E-state index is 11.4. The van der Waals surface area contributed by atoms with Crippen molar-refractivity contribution in [2.75, 3.05) is 26.2 Å². The monoisotopic (exact) mass is 240 g/mol. The third-order valence-electron chi connectivity index (χ3n) is 4.14. The molecule has 1 saturated carbocycles. The summed E-state index contributed by atoms with van der Waals surface area (Å²) < 4.78 is 0. The molecule has 2 fully saturated rings. The molecular formula is C13H24N2O2. The molecule has 2 aliphatic rings. The molecule has 0 spiro atoms. The predicted molar refractivity (Wildman–Crippen MR) is 66.7 cm³/mol. The highest BCUT2D eigenvalue weighted by atomic mass is 16.3. The highest BCUT2D eigenvalue weighted by molar-refractivity contribution is 5.73. The van der Waals surface area contributed by atoms with Crippen LogP contribution in [0.4, 0.5) is 0 Å². The first kappa shape index (κ1) is 12.8. The van der Waals surface area contributed by atoms with E-state index < -0.39 is 0 Å². The van der Waals surface area contributed by atoms with Gasteiger partial charge in [-0.05, 0) is 19.3 Å². The van der Waals surface area contributed by atoms with Gasteiger partial charge in [0.25, 0.3) is 0 Å². The molecule has 1 saturated heterocycles. The third kappa shape index (κ3) is 3.19. The lowest BCUT2D eigenvalue weighted by Crippen LogP contribution is -2.47. The molecule has 1 aliphatic carbocycles. The molecule has 4 nitrogen and oxygen atoms in total. The number of nitrogens with zero attached hydrogens (tertiary/aromatic N) is 2. The number of aliphatic hydroxyl groups excluding tert-OH is 1. The molecule has 2 unspecified atom stereocenters. The van der Waals surface area contributed by atoms with Gasteiger partial charge in [-0.15, -0.1) is 0 Å². The first-order chi connectivity index (χ1) is 8.18. The summed E-state index contributed by atoms with van der Waals surface area (Å²) in [5.74, 6) is 0.177. The average molecular weight is 240 g/mol. The molecule has 4 heteroatoms. The highest BCUT2D eigenvalue weighted by Gasteiger charge is 2.29. The second-order valence-electron chi connectivity index (χ2n) is 5.31. The first-order valence-electron chi connectivity index (χ1n) is 6.86. The Bertz CT molecular complexity index is 270. The van der Waals surface area contributed by atoms with E-state index in [2.05, 4.69) is 4.90 Å². The summed E-state index contributed by atoms with van der Waals surface area (Å²) in [5.41, 5.74) is 0. The Kier molecular flexibility index (Phi) is 4.40. The number of hydrogen-bond acceptors (Lipinski definition) is 3. The van der Waals surface area contributed by atoms with Crippen LogP contribution in [-0.4, -0.2) is 59.1 Å². The van der Waals surface area contributed by atoms with Gasteiger partial charge >= 0.3 is 0 Å². The average Bonchev–Trinajstić information content (AvgIpc) is 2.55. The van der Waals surface area contributed by atoms with E-state index in [1.807, 2.05) is 4.90 Å². The number of carbonyl (C=O) groups excluding carboxylic acids is 1. The summed E-state index contributed by atoms with van der Waals surface area (Å²) >= 11 is 0. The van der Waals surface area contributed by atoms with Crippen LogP contribution >= 0.6 is 0 Å². The molecule has 98 valence electrons. The summed E-state index contributed by atoms with van der Waals surface area (Å²) in [5, 5.41) is 10.1. The van der Waals surface area contributed by atoms with E-state index >= 15 is 0 Å². The van der Waals surface area contributed by atoms with Gasteiger partial charge in [-0.3, -0.25) is 9.69 Å². The van der Waals surface area contributed by atoms with Crippen molar-refractivity contribution in [3.05, 3.63) is 0 Å². The number of hydrogen-bond donors (Lipinski definition) is 1. The SMILES string of the molecule is CC(=O)N1CCCN(C2CCCCC2O)CC1. The van der Waals surface area contributed by atoms with Crippen molar-refractivity contribution >= 4 is 5.91 Å². The predicted octanol–water partition coefficient (Wildman–Crippen LogP) is 0.844. The normalized spacial score (nSPS) is 32.2. The molecule has 0 aromatic rings. The minimum atomic E-state index is -0.160. The molecular weight excluding hydrogens is 216 g/mol. The Morgan fingerprint density at radius 3 is 2.53 bits per heavy atom. The maximum atomic E-state index is 11.4. The van der Waals surface area contributed by atoms with Crippen LogP contribution in [0.25, 0.3) is 0 Å². The van der Waals surface area contributed by atoms with Crippen LogP contribution in [0.5, 0.6) is 0 Å². The zero-order chi connectivity index (χ0) is 12.3. The fraction of sp³-hybridized carbons (Fsp3) is 0.923. The fourth-order valence-corrected chi connectivity index (χ4v) is 3.10. The molecule has 1 heterocycles. The maximum Gasteiger partial charge on any atom is 0.219 e. The van der Waals surface area contributed by atoms with Crippen molar-refractivity contribution in [3.63, 3.8) is 0 Å². The summed E-state index contributed by atoms with van der Waals surface area (Å²) in [7, 11) is 0. The van der Waals surface area contributed by atoms with Crippen molar-refractivity contribution in [2.24, 2.45) is 0 Å². The second kappa shape index (κ2) is 5.83. The molecule has 2 rings (SSSR count). The molecule has 1 amide bonds. The molecule has 2 atom stereocenters. The van der Waals surface area contributed by atoms with Crippen molar-refractivity contribution in [1.82, 2.24) is 9.80 Å². The lowest BCUT2D eigenvalue weighted by atomic mass is 9.91. The molecule has 0 aromatic heterocycles. The van der Waals surface area contributed by atoms with Crippen LogP contribution < -0.4 is 0 Å². The number of aliphatic hydroxyl groups is 1. The van der Waals surface area contributed by atoms with Gasteiger partial charge in [0.15, 0.2) is 0 Å². The van der Waals surface area contributed by atoms with Gasteiger partial charge in [-0.25, -0.2) is 0 Å². The molecule has 1 N–H and O–H groups in total. The van der Waals surface area contributed by atoms with Gasteiger partial charge in [0.2, 0.25) is 5.91 Å². The van der Waals surface area contributed by atoms with Crippen LogP contribution in [0.15, 0.2) is 0 Å². The van der Waals surface area contributed by atoms with Gasteiger partial charge in [0.05, 0.1) is 6.10 Å². The van der Waals surface area contributed by atoms with E-state index in [4.69, 9.17) is 0 Å². The van der Waals surface area contributed by atoms with Gasteiger partial charge in [-0.2, -0.15) is 0 Å². The van der Waals surface area contributed by atoms with Crippen LogP contribution in [0.2, 0.25) is 0 Å². The Morgan fingerprint density at radius 1 is 1.06 bits per heavy atom. The minimum absolute atomic E-state index is 0.160. The second-order valence-corrected chi connectivity index (χ2v) is 5.31. The zero-order valence-electron chi connectivity index (χ0n) is 10.8. The third-order valence-corrected chi connectivity index (χ3v) is 4.14. The van der Waals surface area contributed by atoms with Crippen molar-refractivity contribution in [1.29, 1.82) is 0 Å². The van der Waals surface area contributed by atoms with Gasteiger partial charge < -0.3 is 10.0 Å². The van der Waals surface area contributed by atoms with Crippen molar-refractivity contribution in [3.8, 4) is 0 Å². The Balaban J connectivity index is 1.91. The quantitative estimate of drug-likeness (QED) is 0.739. The van der Waals surface area contributed by atoms with Crippen molar-refractivity contribution in [2.45, 2.75) is 51.2 Å². The summed E-state index contributed by atoms with van der Waals surface area (Å²) in [6.45, 7) is 5.27. The van der Waals surface area contributed by atoms with E-state index in [0.717, 1.165) is 51.9 Å². The van der Waals surface area contributed by atoms with Crippen LogP contribution in [-0.2, 0) is 4.79 Å². The largest absolute Gasteiger partial charge is 0.391 e. The Hall–Kier alpha value is -0.610. The highest BCUT2D eigenvalue weighted by Crippen LogP contribution is 2.24. The molecule has 0 aromatic carbocycles. The lowest BCUT2D eigenvalue weighted by Gasteiger charge is -2.37. The molecule has 17 heavy (non-hydrogen) atoms. The number of rotatable bonds is 1. The zero-order valence-corrected chi connectivity index (χ0v) is 10.8. The fourth-order valence-electron chi connectivity index (χ4n) is 3.10. The van der Waals surface area contributed by atoms with Gasteiger partial charge in [0.1, 0.15) is 0 Å². The van der Waals surface area contributed by atoms with Gasteiger partial charge in [-0.1, -0.05) is 12.8 Å². The summed E-state index contributed by atoms with van der Waals surface area (Å²) in [6.07, 6.45) is 5.31. The number of amides is 1. The molecule has 1 aliphatic heterocycles. The number of carbonyl (C=O) groups is 1. The van der Waals surface area contributed by atoms with E-state index in [0.29, 0.717) is 6.04 Å². The Labute approximate surface area is 104 Å². The standard InChI is InChI=1S/C13H24N2O2/c1-11(16)14-7-4-8-15(10-9-14)12-5-2-3-6-13(12)17/h12-13,17H,2-10H2,1H3. The smallest absolute Gasteiger partial charge is 0.219 e. The summed E-state index contributed by atoms with van der Waals surface area (Å²) in [4.78, 5) is 15.7. The lowest BCUT2D eigenvalue weighted by molar-refractivity contribution is -0.128. The van der Waals surface area contributed by atoms with Crippen LogP contribution in [0.1, 0.15) is 39.0 Å².